The van der Waals surface area contributed by atoms with Gasteiger partial charge in [0.15, 0.2) is 0 Å². The summed E-state index contributed by atoms with van der Waals surface area (Å²) >= 11 is 3.62. The van der Waals surface area contributed by atoms with Crippen molar-refractivity contribution in [3.05, 3.63) is 0 Å². The molecular formula is C13H26BrNO. The topological polar surface area (TPSA) is 29.1 Å². The molecule has 3 heteroatoms. The van der Waals surface area contributed by atoms with Gasteiger partial charge in [-0.3, -0.25) is 4.79 Å². The maximum atomic E-state index is 11.7. The minimum absolute atomic E-state index is 0.175. The summed E-state index contributed by atoms with van der Waals surface area (Å²) in [4.78, 5) is 12.1. The molecule has 0 aliphatic rings. The summed E-state index contributed by atoms with van der Waals surface area (Å²) in [5, 5.41) is 3.02. The SMILES string of the molecule is CCC(CC)C(=O)NCC(Br)CC(C)(C)C. The normalized spacial score (nSPS) is 13.9. The van der Waals surface area contributed by atoms with Gasteiger partial charge in [-0.15, -0.1) is 0 Å². The fourth-order valence-corrected chi connectivity index (χ4v) is 2.88. The third-order valence-corrected chi connectivity index (χ3v) is 3.34. The lowest BCUT2D eigenvalue weighted by Gasteiger charge is -2.23. The Labute approximate surface area is 109 Å². The number of carbonyl (C=O) groups excluding carboxylic acids is 1. The number of hydrogen-bond acceptors (Lipinski definition) is 1. The van der Waals surface area contributed by atoms with Crippen molar-refractivity contribution in [2.24, 2.45) is 11.3 Å². The zero-order valence-electron chi connectivity index (χ0n) is 11.3. The fraction of sp³-hybridized carbons (Fsp3) is 0.923. The molecule has 0 saturated heterocycles. The predicted molar refractivity (Wildman–Crippen MR) is 73.9 cm³/mol. The molecule has 0 aromatic carbocycles. The van der Waals surface area contributed by atoms with Crippen molar-refractivity contribution in [3.8, 4) is 0 Å². The molecular weight excluding hydrogens is 266 g/mol. The Morgan fingerprint density at radius 1 is 1.25 bits per heavy atom. The lowest BCUT2D eigenvalue weighted by atomic mass is 9.90. The van der Waals surface area contributed by atoms with E-state index in [9.17, 15) is 4.79 Å². The van der Waals surface area contributed by atoms with Crippen LogP contribution in [0.3, 0.4) is 0 Å². The first-order chi connectivity index (χ1) is 7.30. The van der Waals surface area contributed by atoms with E-state index in [1.165, 1.54) is 0 Å². The van der Waals surface area contributed by atoms with Crippen LogP contribution in [-0.2, 0) is 4.79 Å². The summed E-state index contributed by atoms with van der Waals surface area (Å²) in [6.45, 7) is 11.5. The lowest BCUT2D eigenvalue weighted by Crippen LogP contribution is -2.35. The highest BCUT2D eigenvalue weighted by Crippen LogP contribution is 2.24. The summed E-state index contributed by atoms with van der Waals surface area (Å²) in [6.07, 6.45) is 2.92. The van der Waals surface area contributed by atoms with E-state index < -0.39 is 0 Å². The van der Waals surface area contributed by atoms with Crippen LogP contribution in [-0.4, -0.2) is 17.3 Å². The Morgan fingerprint density at radius 2 is 1.75 bits per heavy atom. The summed E-state index contributed by atoms with van der Waals surface area (Å²) < 4.78 is 0. The quantitative estimate of drug-likeness (QED) is 0.742. The van der Waals surface area contributed by atoms with Crippen LogP contribution in [0.25, 0.3) is 0 Å². The van der Waals surface area contributed by atoms with Crippen molar-refractivity contribution >= 4 is 21.8 Å². The Balaban J connectivity index is 3.92. The maximum Gasteiger partial charge on any atom is 0.223 e. The highest BCUT2D eigenvalue weighted by molar-refractivity contribution is 9.09. The predicted octanol–water partition coefficient (Wildman–Crippen LogP) is 3.74. The van der Waals surface area contributed by atoms with Gasteiger partial charge in [0.1, 0.15) is 0 Å². The van der Waals surface area contributed by atoms with Crippen LogP contribution in [0.4, 0.5) is 0 Å². The maximum absolute atomic E-state index is 11.7. The number of halogens is 1. The zero-order valence-corrected chi connectivity index (χ0v) is 12.9. The van der Waals surface area contributed by atoms with Crippen molar-refractivity contribution in [2.75, 3.05) is 6.54 Å². The van der Waals surface area contributed by atoms with Crippen LogP contribution < -0.4 is 5.32 Å². The minimum Gasteiger partial charge on any atom is -0.355 e. The number of rotatable bonds is 6. The van der Waals surface area contributed by atoms with Crippen molar-refractivity contribution < 1.29 is 4.79 Å². The van der Waals surface area contributed by atoms with E-state index in [4.69, 9.17) is 0 Å². The van der Waals surface area contributed by atoms with Gasteiger partial charge < -0.3 is 5.32 Å². The van der Waals surface area contributed by atoms with Gasteiger partial charge in [-0.2, -0.15) is 0 Å². The van der Waals surface area contributed by atoms with E-state index in [-0.39, 0.29) is 11.8 Å². The Bertz CT molecular complexity index is 206. The number of amides is 1. The molecule has 0 radical (unpaired) electrons. The van der Waals surface area contributed by atoms with Gasteiger partial charge in [0.25, 0.3) is 0 Å². The molecule has 1 N–H and O–H groups in total. The van der Waals surface area contributed by atoms with E-state index in [1.807, 2.05) is 0 Å². The molecule has 1 amide bonds. The standard InChI is InChI=1S/C13H26BrNO/c1-6-10(7-2)12(16)15-9-11(14)8-13(3,4)5/h10-11H,6-9H2,1-5H3,(H,15,16). The molecule has 0 heterocycles. The minimum atomic E-state index is 0.175. The molecule has 0 aliphatic carbocycles. The molecule has 16 heavy (non-hydrogen) atoms. The number of alkyl halides is 1. The smallest absolute Gasteiger partial charge is 0.223 e. The van der Waals surface area contributed by atoms with Gasteiger partial charge in [0, 0.05) is 17.3 Å². The molecule has 0 aromatic rings. The van der Waals surface area contributed by atoms with Crippen LogP contribution >= 0.6 is 15.9 Å². The largest absolute Gasteiger partial charge is 0.355 e. The monoisotopic (exact) mass is 291 g/mol. The molecule has 0 spiro atoms. The first-order valence-corrected chi connectivity index (χ1v) is 7.13. The summed E-state index contributed by atoms with van der Waals surface area (Å²) in [5.74, 6) is 0.373. The van der Waals surface area contributed by atoms with Gasteiger partial charge in [-0.05, 0) is 24.7 Å². The second kappa shape index (κ2) is 7.31. The van der Waals surface area contributed by atoms with Gasteiger partial charge in [0.2, 0.25) is 5.91 Å². The Kier molecular flexibility index (Phi) is 7.29. The van der Waals surface area contributed by atoms with Crippen molar-refractivity contribution in [2.45, 2.75) is 58.7 Å². The molecule has 0 bridgehead atoms. The highest BCUT2D eigenvalue weighted by Gasteiger charge is 2.19. The van der Waals surface area contributed by atoms with Crippen molar-refractivity contribution in [1.82, 2.24) is 5.32 Å². The van der Waals surface area contributed by atoms with Crippen LogP contribution in [0.15, 0.2) is 0 Å². The summed E-state index contributed by atoms with van der Waals surface area (Å²) in [7, 11) is 0. The van der Waals surface area contributed by atoms with E-state index in [0.717, 1.165) is 25.8 Å². The summed E-state index contributed by atoms with van der Waals surface area (Å²) in [6, 6.07) is 0. The van der Waals surface area contributed by atoms with Gasteiger partial charge in [-0.25, -0.2) is 0 Å². The molecule has 0 fully saturated rings. The average Bonchev–Trinajstić information content (AvgIpc) is 2.14. The fourth-order valence-electron chi connectivity index (χ4n) is 1.75. The lowest BCUT2D eigenvalue weighted by molar-refractivity contribution is -0.125. The Hall–Kier alpha value is -0.0500. The average molecular weight is 292 g/mol. The van der Waals surface area contributed by atoms with Crippen LogP contribution in [0.2, 0.25) is 0 Å². The third kappa shape index (κ3) is 7.26. The molecule has 0 aliphatic heterocycles. The van der Waals surface area contributed by atoms with E-state index in [2.05, 4.69) is 55.9 Å². The molecule has 1 unspecified atom stereocenters. The second-order valence-electron chi connectivity index (χ2n) is 5.62. The van der Waals surface area contributed by atoms with Gasteiger partial charge in [0.05, 0.1) is 0 Å². The van der Waals surface area contributed by atoms with Gasteiger partial charge >= 0.3 is 0 Å². The van der Waals surface area contributed by atoms with Crippen LogP contribution in [0.1, 0.15) is 53.9 Å². The van der Waals surface area contributed by atoms with Crippen LogP contribution in [0.5, 0.6) is 0 Å². The molecule has 1 atom stereocenters. The number of hydrogen-bond donors (Lipinski definition) is 1. The molecule has 0 saturated carbocycles. The van der Waals surface area contributed by atoms with Crippen molar-refractivity contribution in [3.63, 3.8) is 0 Å². The van der Waals surface area contributed by atoms with Crippen molar-refractivity contribution in [1.29, 1.82) is 0 Å². The second-order valence-corrected chi connectivity index (χ2v) is 6.92. The van der Waals surface area contributed by atoms with E-state index in [0.29, 0.717) is 10.2 Å². The highest BCUT2D eigenvalue weighted by atomic mass is 79.9. The molecule has 96 valence electrons. The van der Waals surface area contributed by atoms with Crippen LogP contribution in [0, 0.1) is 11.3 Å². The Morgan fingerprint density at radius 3 is 2.12 bits per heavy atom. The van der Waals surface area contributed by atoms with E-state index in [1.54, 1.807) is 0 Å². The first kappa shape index (κ1) is 16.0. The molecule has 2 nitrogen and oxygen atoms in total. The third-order valence-electron chi connectivity index (χ3n) is 2.69. The molecule has 0 rings (SSSR count). The summed E-state index contributed by atoms with van der Waals surface area (Å²) in [5.41, 5.74) is 0.299. The number of carbonyl (C=O) groups is 1. The van der Waals surface area contributed by atoms with E-state index >= 15 is 0 Å². The molecule has 0 aromatic heterocycles. The first-order valence-electron chi connectivity index (χ1n) is 6.22. The number of nitrogens with one attached hydrogen (secondary N) is 1. The van der Waals surface area contributed by atoms with Gasteiger partial charge in [-0.1, -0.05) is 50.5 Å². The zero-order chi connectivity index (χ0) is 12.8.